The quantitative estimate of drug-likeness (QED) is 0.583. The second-order valence-electron chi connectivity index (χ2n) is 5.54. The first-order chi connectivity index (χ1) is 11.6. The summed E-state index contributed by atoms with van der Waals surface area (Å²) in [6, 6.07) is 7.45. The standard InChI is InChI=1S/C16H23ClN4O2S/c1-23-11-6-18-15(22)12-20-7-9-21(10-8-20)16(24)19-14-4-2-13(17)3-5-14/h2-5H,6-12H2,1H3,(H,18,22)(H,19,24). The number of amides is 1. The highest BCUT2D eigenvalue weighted by molar-refractivity contribution is 7.80. The van der Waals surface area contributed by atoms with Gasteiger partial charge in [0.15, 0.2) is 5.11 Å². The van der Waals surface area contributed by atoms with Gasteiger partial charge >= 0.3 is 0 Å². The highest BCUT2D eigenvalue weighted by Crippen LogP contribution is 2.14. The summed E-state index contributed by atoms with van der Waals surface area (Å²) in [6.45, 7) is 4.69. The fraction of sp³-hybridized carbons (Fsp3) is 0.500. The van der Waals surface area contributed by atoms with E-state index in [9.17, 15) is 4.79 Å². The number of nitrogens with zero attached hydrogens (tertiary/aromatic N) is 2. The van der Waals surface area contributed by atoms with Gasteiger partial charge in [-0.25, -0.2) is 0 Å². The average molecular weight is 371 g/mol. The number of rotatable bonds is 6. The molecule has 0 saturated carbocycles. The van der Waals surface area contributed by atoms with Crippen molar-refractivity contribution in [1.29, 1.82) is 0 Å². The number of piperazine rings is 1. The van der Waals surface area contributed by atoms with Crippen LogP contribution >= 0.6 is 23.8 Å². The molecule has 1 heterocycles. The van der Waals surface area contributed by atoms with E-state index in [0.29, 0.717) is 29.8 Å². The first-order valence-electron chi connectivity index (χ1n) is 7.88. The van der Waals surface area contributed by atoms with E-state index in [1.807, 2.05) is 24.3 Å². The average Bonchev–Trinajstić information content (AvgIpc) is 2.58. The molecule has 1 aromatic carbocycles. The zero-order valence-corrected chi connectivity index (χ0v) is 15.3. The number of hydrogen-bond acceptors (Lipinski definition) is 4. The van der Waals surface area contributed by atoms with E-state index in [2.05, 4.69) is 20.4 Å². The summed E-state index contributed by atoms with van der Waals surface area (Å²) >= 11 is 11.3. The van der Waals surface area contributed by atoms with E-state index in [1.54, 1.807) is 7.11 Å². The summed E-state index contributed by atoms with van der Waals surface area (Å²) in [5.41, 5.74) is 0.921. The van der Waals surface area contributed by atoms with Gasteiger partial charge in [0.2, 0.25) is 5.91 Å². The molecular formula is C16H23ClN4O2S. The molecule has 1 amide bonds. The summed E-state index contributed by atoms with van der Waals surface area (Å²) in [5, 5.41) is 7.44. The van der Waals surface area contributed by atoms with Crippen LogP contribution in [0.15, 0.2) is 24.3 Å². The maximum atomic E-state index is 11.8. The third kappa shape index (κ3) is 6.24. The molecule has 24 heavy (non-hydrogen) atoms. The molecule has 0 unspecified atom stereocenters. The molecule has 1 fully saturated rings. The van der Waals surface area contributed by atoms with E-state index in [4.69, 9.17) is 28.6 Å². The van der Waals surface area contributed by atoms with Crippen molar-refractivity contribution in [1.82, 2.24) is 15.1 Å². The van der Waals surface area contributed by atoms with Crippen molar-refractivity contribution in [2.24, 2.45) is 0 Å². The van der Waals surface area contributed by atoms with Crippen LogP contribution in [0.4, 0.5) is 5.69 Å². The number of methoxy groups -OCH3 is 1. The Hall–Kier alpha value is -1.41. The van der Waals surface area contributed by atoms with Crippen LogP contribution in [-0.2, 0) is 9.53 Å². The van der Waals surface area contributed by atoms with Crippen molar-refractivity contribution >= 4 is 40.5 Å². The van der Waals surface area contributed by atoms with Crippen LogP contribution in [0.5, 0.6) is 0 Å². The summed E-state index contributed by atoms with van der Waals surface area (Å²) < 4.78 is 4.91. The van der Waals surface area contributed by atoms with Gasteiger partial charge in [0.25, 0.3) is 0 Å². The molecule has 1 aliphatic rings. The number of thiocarbonyl (C=S) groups is 1. The molecule has 0 aromatic heterocycles. The number of nitrogens with one attached hydrogen (secondary N) is 2. The molecule has 0 atom stereocenters. The molecular weight excluding hydrogens is 348 g/mol. The Bertz CT molecular complexity index is 548. The van der Waals surface area contributed by atoms with Crippen molar-refractivity contribution in [3.05, 3.63) is 29.3 Å². The Balaban J connectivity index is 1.70. The third-order valence-electron chi connectivity index (χ3n) is 3.75. The summed E-state index contributed by atoms with van der Waals surface area (Å²) in [6.07, 6.45) is 0. The number of hydrogen-bond donors (Lipinski definition) is 2. The largest absolute Gasteiger partial charge is 0.383 e. The first-order valence-corrected chi connectivity index (χ1v) is 8.66. The zero-order chi connectivity index (χ0) is 17.4. The van der Waals surface area contributed by atoms with Crippen LogP contribution in [0, 0.1) is 0 Å². The van der Waals surface area contributed by atoms with Gasteiger partial charge in [0.1, 0.15) is 0 Å². The minimum absolute atomic E-state index is 0.0300. The van der Waals surface area contributed by atoms with Gasteiger partial charge in [0.05, 0.1) is 13.2 Å². The molecule has 0 radical (unpaired) electrons. The van der Waals surface area contributed by atoms with Crippen molar-refractivity contribution in [2.75, 3.05) is 58.3 Å². The smallest absolute Gasteiger partial charge is 0.234 e. The molecule has 132 valence electrons. The minimum atomic E-state index is 0.0300. The minimum Gasteiger partial charge on any atom is -0.383 e. The van der Waals surface area contributed by atoms with E-state index in [1.165, 1.54) is 0 Å². The predicted octanol–water partition coefficient (Wildman–Crippen LogP) is 1.42. The zero-order valence-electron chi connectivity index (χ0n) is 13.8. The molecule has 6 nitrogen and oxygen atoms in total. The number of ether oxygens (including phenoxy) is 1. The number of benzene rings is 1. The van der Waals surface area contributed by atoms with Crippen LogP contribution in [0.2, 0.25) is 5.02 Å². The lowest BCUT2D eigenvalue weighted by atomic mass is 10.3. The van der Waals surface area contributed by atoms with Gasteiger partial charge < -0.3 is 20.3 Å². The molecule has 2 rings (SSSR count). The Morgan fingerprint density at radius 2 is 1.92 bits per heavy atom. The van der Waals surface area contributed by atoms with Gasteiger partial charge in [-0.1, -0.05) is 11.6 Å². The maximum absolute atomic E-state index is 11.8. The Kier molecular flexibility index (Phi) is 7.71. The van der Waals surface area contributed by atoms with Crippen LogP contribution in [0.25, 0.3) is 0 Å². The van der Waals surface area contributed by atoms with Crippen LogP contribution in [-0.4, -0.2) is 73.8 Å². The first kappa shape index (κ1) is 18.9. The second kappa shape index (κ2) is 9.78. The van der Waals surface area contributed by atoms with Gasteiger partial charge in [-0.05, 0) is 36.5 Å². The van der Waals surface area contributed by atoms with Crippen molar-refractivity contribution in [3.8, 4) is 0 Å². The van der Waals surface area contributed by atoms with Crippen molar-refractivity contribution < 1.29 is 9.53 Å². The summed E-state index contributed by atoms with van der Waals surface area (Å²) in [7, 11) is 1.62. The number of anilines is 1. The molecule has 0 bridgehead atoms. The molecule has 2 N–H and O–H groups in total. The fourth-order valence-corrected chi connectivity index (χ4v) is 2.82. The molecule has 0 aliphatic carbocycles. The highest BCUT2D eigenvalue weighted by Gasteiger charge is 2.20. The van der Waals surface area contributed by atoms with Crippen molar-refractivity contribution in [2.45, 2.75) is 0 Å². The predicted molar refractivity (Wildman–Crippen MR) is 101 cm³/mol. The maximum Gasteiger partial charge on any atom is 0.234 e. The number of carbonyl (C=O) groups excluding carboxylic acids is 1. The monoisotopic (exact) mass is 370 g/mol. The normalized spacial score (nSPS) is 15.2. The van der Waals surface area contributed by atoms with Crippen LogP contribution in [0.1, 0.15) is 0 Å². The van der Waals surface area contributed by atoms with Gasteiger partial charge in [-0.2, -0.15) is 0 Å². The summed E-state index contributed by atoms with van der Waals surface area (Å²) in [5.74, 6) is 0.0300. The molecule has 1 aliphatic heterocycles. The highest BCUT2D eigenvalue weighted by atomic mass is 35.5. The molecule has 8 heteroatoms. The van der Waals surface area contributed by atoms with Gasteiger partial charge in [0, 0.05) is 50.5 Å². The lowest BCUT2D eigenvalue weighted by Crippen LogP contribution is -2.52. The SMILES string of the molecule is COCCNC(=O)CN1CCN(C(=S)Nc2ccc(Cl)cc2)CC1. The van der Waals surface area contributed by atoms with Gasteiger partial charge in [-0.3, -0.25) is 9.69 Å². The molecule has 0 spiro atoms. The van der Waals surface area contributed by atoms with Crippen LogP contribution < -0.4 is 10.6 Å². The van der Waals surface area contributed by atoms with Crippen LogP contribution in [0.3, 0.4) is 0 Å². The Labute approximate surface area is 153 Å². The Morgan fingerprint density at radius 3 is 2.54 bits per heavy atom. The van der Waals surface area contributed by atoms with Crippen molar-refractivity contribution in [3.63, 3.8) is 0 Å². The van der Waals surface area contributed by atoms with E-state index in [-0.39, 0.29) is 5.91 Å². The molecule has 1 saturated heterocycles. The van der Waals surface area contributed by atoms with E-state index in [0.717, 1.165) is 31.9 Å². The lowest BCUT2D eigenvalue weighted by molar-refractivity contribution is -0.122. The number of halogens is 1. The van der Waals surface area contributed by atoms with E-state index >= 15 is 0 Å². The fourth-order valence-electron chi connectivity index (χ4n) is 2.40. The second-order valence-corrected chi connectivity index (χ2v) is 6.37. The summed E-state index contributed by atoms with van der Waals surface area (Å²) in [4.78, 5) is 16.0. The van der Waals surface area contributed by atoms with E-state index < -0.39 is 0 Å². The Morgan fingerprint density at radius 1 is 1.25 bits per heavy atom. The lowest BCUT2D eigenvalue weighted by Gasteiger charge is -2.35. The molecule has 1 aromatic rings. The number of carbonyl (C=O) groups is 1. The topological polar surface area (TPSA) is 56.8 Å². The van der Waals surface area contributed by atoms with Gasteiger partial charge in [-0.15, -0.1) is 0 Å². The third-order valence-corrected chi connectivity index (χ3v) is 4.36.